The van der Waals surface area contributed by atoms with Gasteiger partial charge in [0, 0.05) is 0 Å². The molecule has 2 amide bonds. The number of hydrogen-bond acceptors (Lipinski definition) is 8. The van der Waals surface area contributed by atoms with E-state index in [0.29, 0.717) is 6.42 Å². The quantitative estimate of drug-likeness (QED) is 0.0269. The van der Waals surface area contributed by atoms with E-state index in [1.165, 1.54) is 44.9 Å². The molecule has 0 saturated carbocycles. The number of hydrogen-bond donors (Lipinski definition) is 0. The van der Waals surface area contributed by atoms with Crippen molar-refractivity contribution in [2.24, 2.45) is 0 Å². The van der Waals surface area contributed by atoms with Gasteiger partial charge in [0.25, 0.3) is 11.8 Å². The number of ether oxygens (including phenoxy) is 3. The number of imide groups is 1. The first-order valence-corrected chi connectivity index (χ1v) is 25.7. The van der Waals surface area contributed by atoms with Crippen molar-refractivity contribution in [3.8, 4) is 0 Å². The molecule has 9 rings (SSSR count). The lowest BCUT2D eigenvalue weighted by atomic mass is 9.97. The van der Waals surface area contributed by atoms with Crippen LogP contribution in [0.4, 0.5) is 0 Å². The van der Waals surface area contributed by atoms with Crippen molar-refractivity contribution in [3.63, 3.8) is 0 Å². The molecule has 0 saturated heterocycles. The normalized spacial score (nSPS) is 13.6. The fraction of sp³-hybridized carbons (Fsp3) is 0.286. The largest absolute Gasteiger partial charge is 0.460 e. The van der Waals surface area contributed by atoms with Gasteiger partial charge in [0.1, 0.15) is 18.8 Å². The van der Waals surface area contributed by atoms with Crippen LogP contribution in [0, 0.1) is 0 Å². The van der Waals surface area contributed by atoms with Crippen molar-refractivity contribution in [1.29, 1.82) is 0 Å². The fourth-order valence-electron chi connectivity index (χ4n) is 10.0. The zero-order valence-corrected chi connectivity index (χ0v) is 40.9. The van der Waals surface area contributed by atoms with E-state index in [-0.39, 0.29) is 34.2 Å². The van der Waals surface area contributed by atoms with Crippen LogP contribution < -0.4 is 0 Å². The van der Waals surface area contributed by atoms with E-state index < -0.39 is 54.6 Å². The lowest BCUT2D eigenvalue weighted by Crippen LogP contribution is -2.56. The molecule has 0 fully saturated rings. The van der Waals surface area contributed by atoms with Gasteiger partial charge >= 0.3 is 17.9 Å². The van der Waals surface area contributed by atoms with Gasteiger partial charge in [-0.1, -0.05) is 193 Å². The minimum atomic E-state index is -1.50. The van der Waals surface area contributed by atoms with Crippen molar-refractivity contribution in [1.82, 2.24) is 4.90 Å². The van der Waals surface area contributed by atoms with E-state index in [1.807, 2.05) is 115 Å². The number of benzene rings is 8. The Morgan fingerprint density at radius 1 is 0.417 bits per heavy atom. The van der Waals surface area contributed by atoms with Crippen molar-refractivity contribution in [2.45, 2.75) is 109 Å². The number of esters is 3. The van der Waals surface area contributed by atoms with Crippen LogP contribution in [0.2, 0.25) is 0 Å². The van der Waals surface area contributed by atoms with Gasteiger partial charge in [0.15, 0.2) is 6.10 Å². The molecular weight excluding hydrogens is 899 g/mol. The number of carbonyl (C=O) groups is 5. The Kier molecular flexibility index (Phi) is 16.1. The van der Waals surface area contributed by atoms with Gasteiger partial charge in [-0.15, -0.1) is 0 Å². The molecule has 72 heavy (non-hydrogen) atoms. The average Bonchev–Trinajstić information content (AvgIpc) is 3.65. The van der Waals surface area contributed by atoms with E-state index in [4.69, 9.17) is 14.2 Å². The summed E-state index contributed by atoms with van der Waals surface area (Å²) in [7, 11) is 0. The summed E-state index contributed by atoms with van der Waals surface area (Å²) in [4.78, 5) is 74.4. The van der Waals surface area contributed by atoms with E-state index in [2.05, 4.69) is 6.92 Å². The molecule has 0 N–H and O–H groups in total. The van der Waals surface area contributed by atoms with Crippen LogP contribution in [0.25, 0.3) is 43.1 Å². The molecule has 0 bridgehead atoms. The molecule has 9 heteroatoms. The predicted molar refractivity (Wildman–Crippen MR) is 284 cm³/mol. The van der Waals surface area contributed by atoms with Crippen molar-refractivity contribution in [3.05, 3.63) is 192 Å². The second-order valence-corrected chi connectivity index (χ2v) is 19.1. The number of unbranched alkanes of at least 4 members (excludes halogenated alkanes) is 11. The number of rotatable bonds is 23. The van der Waals surface area contributed by atoms with Gasteiger partial charge in [-0.3, -0.25) is 14.5 Å². The highest BCUT2D eigenvalue weighted by molar-refractivity contribution is 6.23. The predicted octanol–water partition coefficient (Wildman–Crippen LogP) is 14.7. The Morgan fingerprint density at radius 3 is 1.21 bits per heavy atom. The standard InChI is InChI=1S/C63H61NO8/c1-2-3-4-5-6-7-8-9-10-11-12-13-30-57(71-62(68)52-35-32-44-23-15-18-26-47(44)38-52)58(72-63(69)53-36-33-45-24-16-19-27-48(45)39-53)56(42-70-61(67)51-34-31-43-22-14-17-25-46(43)37-51)64-59(65)54-40-49-28-20-21-29-50(49)41-55(54)60(64)66/h14-29,31-41,56-58H,2-13,30,42H2,1H3/t56-,57+,58-/m0/s1. The second kappa shape index (κ2) is 23.5. The molecule has 8 aromatic rings. The Balaban J connectivity index is 1.08. The lowest BCUT2D eigenvalue weighted by Gasteiger charge is -2.36. The Bertz CT molecular complexity index is 3200. The third-order valence-corrected chi connectivity index (χ3v) is 14.0. The first-order valence-electron chi connectivity index (χ1n) is 25.7. The lowest BCUT2D eigenvalue weighted by molar-refractivity contribution is -0.0721. The van der Waals surface area contributed by atoms with Gasteiger partial charge in [-0.2, -0.15) is 0 Å². The maximum absolute atomic E-state index is 14.9. The van der Waals surface area contributed by atoms with E-state index in [0.717, 1.165) is 73.7 Å². The zero-order valence-electron chi connectivity index (χ0n) is 40.9. The van der Waals surface area contributed by atoms with Crippen LogP contribution in [0.5, 0.6) is 0 Å². The first kappa shape index (κ1) is 49.3. The molecule has 1 aliphatic heterocycles. The molecule has 1 heterocycles. The minimum absolute atomic E-state index is 0.162. The van der Waals surface area contributed by atoms with E-state index >= 15 is 0 Å². The maximum Gasteiger partial charge on any atom is 0.338 e. The summed E-state index contributed by atoms with van der Waals surface area (Å²) in [6, 6.07) is 48.0. The van der Waals surface area contributed by atoms with Gasteiger partial charge in [-0.25, -0.2) is 14.4 Å². The molecule has 9 nitrogen and oxygen atoms in total. The SMILES string of the molecule is CCCCCCCCCCCCCC[C@@H](OC(=O)c1ccc2ccccc2c1)[C@@H](OC(=O)c1ccc2ccccc2c1)[C@H](COC(=O)c1ccc2ccccc2c1)N1C(=O)c2cc3ccccc3cc2C1=O. The third-order valence-electron chi connectivity index (χ3n) is 14.0. The highest BCUT2D eigenvalue weighted by atomic mass is 16.6. The zero-order chi connectivity index (χ0) is 49.8. The maximum atomic E-state index is 14.9. The van der Waals surface area contributed by atoms with Gasteiger partial charge in [0.2, 0.25) is 0 Å². The molecule has 3 atom stereocenters. The molecule has 0 spiro atoms. The minimum Gasteiger partial charge on any atom is -0.460 e. The van der Waals surface area contributed by atoms with Gasteiger partial charge in [0.05, 0.1) is 27.8 Å². The van der Waals surface area contributed by atoms with Gasteiger partial charge < -0.3 is 14.2 Å². The van der Waals surface area contributed by atoms with Gasteiger partial charge in [-0.05, 0) is 104 Å². The number of fused-ring (bicyclic) bond motifs is 5. The summed E-state index contributed by atoms with van der Waals surface area (Å²) in [5, 5.41) is 6.75. The van der Waals surface area contributed by atoms with Crippen LogP contribution in [0.3, 0.4) is 0 Å². The third kappa shape index (κ3) is 11.6. The second-order valence-electron chi connectivity index (χ2n) is 19.1. The summed E-state index contributed by atoms with van der Waals surface area (Å²) in [5.74, 6) is -3.44. The van der Waals surface area contributed by atoms with Crippen molar-refractivity contribution < 1.29 is 38.2 Å². The van der Waals surface area contributed by atoms with Crippen molar-refractivity contribution >= 4 is 72.8 Å². The number of carbonyl (C=O) groups excluding carboxylic acids is 5. The molecule has 1 aliphatic rings. The van der Waals surface area contributed by atoms with Crippen LogP contribution in [0.1, 0.15) is 142 Å². The first-order chi connectivity index (χ1) is 35.2. The van der Waals surface area contributed by atoms with E-state index in [9.17, 15) is 24.0 Å². The molecule has 0 aromatic heterocycles. The topological polar surface area (TPSA) is 116 Å². The van der Waals surface area contributed by atoms with Crippen LogP contribution in [-0.4, -0.2) is 59.5 Å². The smallest absolute Gasteiger partial charge is 0.338 e. The monoisotopic (exact) mass is 959 g/mol. The Hall–Kier alpha value is -7.65. The molecule has 366 valence electrons. The Morgan fingerprint density at radius 2 is 0.778 bits per heavy atom. The van der Waals surface area contributed by atoms with Crippen LogP contribution in [0.15, 0.2) is 164 Å². The van der Waals surface area contributed by atoms with Crippen molar-refractivity contribution in [2.75, 3.05) is 6.61 Å². The van der Waals surface area contributed by atoms with Crippen LogP contribution in [-0.2, 0) is 14.2 Å². The highest BCUT2D eigenvalue weighted by Gasteiger charge is 2.48. The molecule has 0 unspecified atom stereocenters. The van der Waals surface area contributed by atoms with Crippen LogP contribution >= 0.6 is 0 Å². The fourth-order valence-corrected chi connectivity index (χ4v) is 10.0. The average molecular weight is 960 g/mol. The summed E-state index contributed by atoms with van der Waals surface area (Å²) in [6.45, 7) is 1.66. The summed E-state index contributed by atoms with van der Waals surface area (Å²) < 4.78 is 19.3. The Labute approximate surface area is 421 Å². The number of amides is 2. The summed E-state index contributed by atoms with van der Waals surface area (Å²) in [5.41, 5.74) is 1.06. The molecular formula is C63H61NO8. The molecule has 8 aromatic carbocycles. The molecule has 0 radical (unpaired) electrons. The number of nitrogens with zero attached hydrogens (tertiary/aromatic N) is 1. The summed E-state index contributed by atoms with van der Waals surface area (Å²) >= 11 is 0. The van der Waals surface area contributed by atoms with E-state index in [1.54, 1.807) is 48.5 Å². The summed E-state index contributed by atoms with van der Waals surface area (Å²) in [6.07, 6.45) is 10.8. The highest BCUT2D eigenvalue weighted by Crippen LogP contribution is 2.34. The molecule has 0 aliphatic carbocycles.